The third kappa shape index (κ3) is 4.22. The number of aromatic amines is 1. The number of hydrogen-bond donors (Lipinski definition) is 1. The van der Waals surface area contributed by atoms with E-state index in [4.69, 9.17) is 14.2 Å². The van der Waals surface area contributed by atoms with E-state index in [1.807, 2.05) is 0 Å². The van der Waals surface area contributed by atoms with E-state index in [-0.39, 0.29) is 44.3 Å². The van der Waals surface area contributed by atoms with Gasteiger partial charge in [0.25, 0.3) is 0 Å². The average molecular weight is 361 g/mol. The smallest absolute Gasteiger partial charge is 0.355 e. The lowest BCUT2D eigenvalue weighted by molar-refractivity contribution is -0.143. The molecule has 0 aliphatic heterocycles. The van der Waals surface area contributed by atoms with Crippen LogP contribution in [0.2, 0.25) is 0 Å². The lowest BCUT2D eigenvalue weighted by Gasteiger charge is -2.08. The highest BCUT2D eigenvalue weighted by Gasteiger charge is 2.24. The van der Waals surface area contributed by atoms with Crippen LogP contribution in [0.15, 0.2) is 18.2 Å². The quantitative estimate of drug-likeness (QED) is 0.574. The third-order valence-corrected chi connectivity index (χ3v) is 3.79. The fourth-order valence-electron chi connectivity index (χ4n) is 2.78. The van der Waals surface area contributed by atoms with Crippen molar-refractivity contribution in [2.24, 2.45) is 0 Å². The normalized spacial score (nSPS) is 10.6. The number of carbonyl (C=O) groups is 3. The Morgan fingerprint density at radius 3 is 2.23 bits per heavy atom. The molecular weight excluding hydrogens is 338 g/mol. The van der Waals surface area contributed by atoms with Gasteiger partial charge < -0.3 is 19.2 Å². The van der Waals surface area contributed by atoms with Gasteiger partial charge in [-0.15, -0.1) is 0 Å². The fourth-order valence-corrected chi connectivity index (χ4v) is 2.78. The second-order valence-corrected chi connectivity index (χ2v) is 5.45. The molecule has 0 aliphatic carbocycles. The van der Waals surface area contributed by atoms with Crippen LogP contribution >= 0.6 is 0 Å². The van der Waals surface area contributed by atoms with Crippen LogP contribution in [-0.4, -0.2) is 42.7 Å². The second kappa shape index (κ2) is 9.03. The van der Waals surface area contributed by atoms with Crippen LogP contribution in [0.4, 0.5) is 0 Å². The molecule has 0 amide bonds. The SMILES string of the molecule is CCOC(=O)CCc1c(C(=O)OCC)[nH]c2cccc(C(=O)OCC)c12. The maximum absolute atomic E-state index is 12.3. The molecule has 0 saturated carbocycles. The molecule has 7 heteroatoms. The Morgan fingerprint density at radius 2 is 1.58 bits per heavy atom. The highest BCUT2D eigenvalue weighted by molar-refractivity contribution is 6.08. The molecular formula is C19H23NO6. The molecule has 7 nitrogen and oxygen atoms in total. The summed E-state index contributed by atoms with van der Waals surface area (Å²) in [6.07, 6.45) is 0.327. The summed E-state index contributed by atoms with van der Waals surface area (Å²) in [7, 11) is 0. The Morgan fingerprint density at radius 1 is 0.923 bits per heavy atom. The molecule has 0 bridgehead atoms. The van der Waals surface area contributed by atoms with Crippen LogP contribution in [-0.2, 0) is 25.4 Å². The zero-order valence-electron chi connectivity index (χ0n) is 15.2. The number of rotatable bonds is 8. The molecule has 1 heterocycles. The Kier molecular flexibility index (Phi) is 6.77. The first-order chi connectivity index (χ1) is 12.5. The number of nitrogens with one attached hydrogen (secondary N) is 1. The number of H-pyrrole nitrogens is 1. The predicted octanol–water partition coefficient (Wildman–Crippen LogP) is 3.02. The third-order valence-electron chi connectivity index (χ3n) is 3.79. The van der Waals surface area contributed by atoms with Crippen molar-refractivity contribution in [2.75, 3.05) is 19.8 Å². The van der Waals surface area contributed by atoms with Gasteiger partial charge in [0.15, 0.2) is 0 Å². The van der Waals surface area contributed by atoms with Crippen molar-refractivity contribution in [3.63, 3.8) is 0 Å². The summed E-state index contributed by atoms with van der Waals surface area (Å²) in [4.78, 5) is 39.4. The number of aryl methyl sites for hydroxylation is 1. The second-order valence-electron chi connectivity index (χ2n) is 5.45. The number of benzene rings is 1. The van der Waals surface area contributed by atoms with Crippen molar-refractivity contribution in [2.45, 2.75) is 33.6 Å². The number of ether oxygens (including phenoxy) is 3. The van der Waals surface area contributed by atoms with Gasteiger partial charge >= 0.3 is 17.9 Å². The Bertz CT molecular complexity index is 808. The van der Waals surface area contributed by atoms with E-state index in [0.29, 0.717) is 22.0 Å². The van der Waals surface area contributed by atoms with Crippen LogP contribution in [0.25, 0.3) is 10.9 Å². The van der Waals surface area contributed by atoms with E-state index in [2.05, 4.69) is 4.98 Å². The van der Waals surface area contributed by atoms with Gasteiger partial charge in [0.1, 0.15) is 5.69 Å². The van der Waals surface area contributed by atoms with Crippen molar-refractivity contribution in [3.8, 4) is 0 Å². The highest BCUT2D eigenvalue weighted by Crippen LogP contribution is 2.28. The number of fused-ring (bicyclic) bond motifs is 1. The van der Waals surface area contributed by atoms with Gasteiger partial charge in [-0.3, -0.25) is 4.79 Å². The minimum absolute atomic E-state index is 0.0877. The maximum atomic E-state index is 12.3. The number of carbonyl (C=O) groups excluding carboxylic acids is 3. The van der Waals surface area contributed by atoms with E-state index in [0.717, 1.165) is 0 Å². The molecule has 0 saturated heterocycles. The van der Waals surface area contributed by atoms with Gasteiger partial charge in [-0.1, -0.05) is 6.07 Å². The van der Waals surface area contributed by atoms with E-state index in [1.54, 1.807) is 39.0 Å². The summed E-state index contributed by atoms with van der Waals surface area (Å²) in [5.41, 5.74) is 1.74. The average Bonchev–Trinajstić information content (AvgIpc) is 2.99. The van der Waals surface area contributed by atoms with Crippen molar-refractivity contribution in [3.05, 3.63) is 35.0 Å². The van der Waals surface area contributed by atoms with Gasteiger partial charge in [0.2, 0.25) is 0 Å². The topological polar surface area (TPSA) is 94.7 Å². The molecule has 0 unspecified atom stereocenters. The lowest BCUT2D eigenvalue weighted by Crippen LogP contribution is -2.11. The van der Waals surface area contributed by atoms with Crippen molar-refractivity contribution >= 4 is 28.8 Å². The largest absolute Gasteiger partial charge is 0.466 e. The van der Waals surface area contributed by atoms with Crippen LogP contribution in [0.1, 0.15) is 53.6 Å². The summed E-state index contributed by atoms with van der Waals surface area (Å²) in [5.74, 6) is -1.38. The summed E-state index contributed by atoms with van der Waals surface area (Å²) < 4.78 is 15.2. The van der Waals surface area contributed by atoms with Gasteiger partial charge in [-0.05, 0) is 44.9 Å². The van der Waals surface area contributed by atoms with Gasteiger partial charge in [0.05, 0.1) is 25.4 Å². The van der Waals surface area contributed by atoms with E-state index in [9.17, 15) is 14.4 Å². The Balaban J connectivity index is 2.53. The standard InChI is InChI=1S/C19H23NO6/c1-4-24-15(21)11-10-12-16-13(18(22)25-5-2)8-7-9-14(16)20-17(12)19(23)26-6-3/h7-9,20H,4-6,10-11H2,1-3H3. The maximum Gasteiger partial charge on any atom is 0.355 e. The zero-order chi connectivity index (χ0) is 19.1. The van der Waals surface area contributed by atoms with Crippen molar-refractivity contribution in [1.29, 1.82) is 0 Å². The number of esters is 3. The van der Waals surface area contributed by atoms with E-state index >= 15 is 0 Å². The molecule has 2 rings (SSSR count). The minimum Gasteiger partial charge on any atom is -0.466 e. The van der Waals surface area contributed by atoms with Crippen LogP contribution in [0.5, 0.6) is 0 Å². The first kappa shape index (κ1) is 19.5. The molecule has 0 atom stereocenters. The monoisotopic (exact) mass is 361 g/mol. The molecule has 1 aromatic carbocycles. The summed E-state index contributed by atoms with van der Waals surface area (Å²) in [6.45, 7) is 5.90. The molecule has 1 aromatic heterocycles. The predicted molar refractivity (Wildman–Crippen MR) is 95.2 cm³/mol. The summed E-state index contributed by atoms with van der Waals surface area (Å²) in [5, 5.41) is 0.568. The van der Waals surface area contributed by atoms with Crippen LogP contribution in [0, 0.1) is 0 Å². The lowest BCUT2D eigenvalue weighted by atomic mass is 10.0. The number of aromatic nitrogens is 1. The molecule has 0 fully saturated rings. The molecule has 1 N–H and O–H groups in total. The molecule has 0 aliphatic rings. The fraction of sp³-hybridized carbons (Fsp3) is 0.421. The first-order valence-corrected chi connectivity index (χ1v) is 8.66. The van der Waals surface area contributed by atoms with Gasteiger partial charge in [-0.25, -0.2) is 9.59 Å². The molecule has 0 radical (unpaired) electrons. The van der Waals surface area contributed by atoms with Gasteiger partial charge in [-0.2, -0.15) is 0 Å². The first-order valence-electron chi connectivity index (χ1n) is 8.66. The van der Waals surface area contributed by atoms with Crippen LogP contribution in [0.3, 0.4) is 0 Å². The Labute approximate surface area is 151 Å². The summed E-state index contributed by atoms with van der Waals surface area (Å²) in [6, 6.07) is 5.10. The molecule has 2 aromatic rings. The van der Waals surface area contributed by atoms with E-state index in [1.165, 1.54) is 0 Å². The minimum atomic E-state index is -0.530. The summed E-state index contributed by atoms with van der Waals surface area (Å²) >= 11 is 0. The van der Waals surface area contributed by atoms with Crippen molar-refractivity contribution in [1.82, 2.24) is 4.98 Å². The van der Waals surface area contributed by atoms with Crippen molar-refractivity contribution < 1.29 is 28.6 Å². The molecule has 140 valence electrons. The van der Waals surface area contributed by atoms with Crippen LogP contribution < -0.4 is 0 Å². The van der Waals surface area contributed by atoms with Gasteiger partial charge in [0, 0.05) is 17.3 Å². The molecule has 0 spiro atoms. The van der Waals surface area contributed by atoms with E-state index < -0.39 is 11.9 Å². The Hall–Kier alpha value is -2.83. The molecule has 26 heavy (non-hydrogen) atoms. The highest BCUT2D eigenvalue weighted by atomic mass is 16.5. The number of hydrogen-bond acceptors (Lipinski definition) is 6. The zero-order valence-corrected chi connectivity index (χ0v) is 15.2.